The zero-order valence-corrected chi connectivity index (χ0v) is 11.6. The normalized spacial score (nSPS) is 10.3. The van der Waals surface area contributed by atoms with Gasteiger partial charge in [0.2, 0.25) is 0 Å². The van der Waals surface area contributed by atoms with Crippen LogP contribution in [0.3, 0.4) is 0 Å². The highest BCUT2D eigenvalue weighted by Gasteiger charge is 2.03. The summed E-state index contributed by atoms with van der Waals surface area (Å²) in [5, 5.41) is 0. The van der Waals surface area contributed by atoms with Gasteiger partial charge in [0.25, 0.3) is 0 Å². The Morgan fingerprint density at radius 3 is 2.60 bits per heavy atom. The van der Waals surface area contributed by atoms with E-state index in [1.54, 1.807) is 0 Å². The van der Waals surface area contributed by atoms with Gasteiger partial charge in [-0.15, -0.1) is 0 Å². The van der Waals surface area contributed by atoms with Gasteiger partial charge < -0.3 is 5.73 Å². The van der Waals surface area contributed by atoms with Crippen LogP contribution in [0.25, 0.3) is 11.1 Å². The molecule has 0 aliphatic carbocycles. The predicted octanol–water partition coefficient (Wildman–Crippen LogP) is 4.30. The number of benzene rings is 2. The summed E-state index contributed by atoms with van der Waals surface area (Å²) in [5.74, 6) is 0. The quantitative estimate of drug-likeness (QED) is 0.585. The van der Waals surface area contributed by atoms with Crippen LogP contribution < -0.4 is 5.73 Å². The van der Waals surface area contributed by atoms with Crippen LogP contribution in [0, 0.1) is 3.57 Å². The van der Waals surface area contributed by atoms with E-state index in [2.05, 4.69) is 50.7 Å². The maximum atomic E-state index is 5.79. The summed E-state index contributed by atoms with van der Waals surface area (Å²) in [5.41, 5.74) is 8.94. The first-order valence-electron chi connectivity index (χ1n) is 4.48. The summed E-state index contributed by atoms with van der Waals surface area (Å²) in [6, 6.07) is 14.2. The van der Waals surface area contributed by atoms with Crippen molar-refractivity contribution in [1.29, 1.82) is 0 Å². The van der Waals surface area contributed by atoms with Gasteiger partial charge in [0, 0.05) is 13.7 Å². The van der Waals surface area contributed by atoms with Crippen molar-refractivity contribution in [3.8, 4) is 11.1 Å². The average Bonchev–Trinajstić information content (AvgIpc) is 2.22. The van der Waals surface area contributed by atoms with Crippen molar-refractivity contribution in [2.75, 3.05) is 5.73 Å². The fourth-order valence-corrected chi connectivity index (χ4v) is 2.47. The van der Waals surface area contributed by atoms with Crippen molar-refractivity contribution < 1.29 is 0 Å². The first kappa shape index (κ1) is 11.0. The number of hydrogen-bond acceptors (Lipinski definition) is 1. The van der Waals surface area contributed by atoms with E-state index in [1.165, 1.54) is 14.7 Å². The number of halogens is 2. The third-order valence-electron chi connectivity index (χ3n) is 2.13. The van der Waals surface area contributed by atoms with Crippen LogP contribution in [0.5, 0.6) is 0 Å². The third-order valence-corrected chi connectivity index (χ3v) is 3.56. The molecule has 15 heavy (non-hydrogen) atoms. The molecule has 0 aromatic heterocycles. The van der Waals surface area contributed by atoms with E-state index in [0.29, 0.717) is 0 Å². The Hall–Kier alpha value is -0.550. The van der Waals surface area contributed by atoms with Crippen molar-refractivity contribution in [2.24, 2.45) is 0 Å². The van der Waals surface area contributed by atoms with Crippen LogP contribution in [-0.2, 0) is 0 Å². The highest BCUT2D eigenvalue weighted by Crippen LogP contribution is 2.28. The third kappa shape index (κ3) is 2.52. The molecule has 2 rings (SSSR count). The second kappa shape index (κ2) is 4.53. The van der Waals surface area contributed by atoms with Crippen molar-refractivity contribution >= 4 is 44.2 Å². The second-order valence-electron chi connectivity index (χ2n) is 3.25. The highest BCUT2D eigenvalue weighted by molar-refractivity contribution is 14.1. The van der Waals surface area contributed by atoms with E-state index >= 15 is 0 Å². The lowest BCUT2D eigenvalue weighted by atomic mass is 10.1. The van der Waals surface area contributed by atoms with E-state index in [9.17, 15) is 0 Å². The van der Waals surface area contributed by atoms with Gasteiger partial charge >= 0.3 is 0 Å². The summed E-state index contributed by atoms with van der Waals surface area (Å²) >= 11 is 5.79. The molecule has 0 unspecified atom stereocenters. The minimum absolute atomic E-state index is 0.797. The summed E-state index contributed by atoms with van der Waals surface area (Å²) in [6.45, 7) is 0. The molecule has 0 radical (unpaired) electrons. The minimum atomic E-state index is 0.797. The lowest BCUT2D eigenvalue weighted by molar-refractivity contribution is 1.56. The molecular formula is C12H9BrIN. The molecule has 2 aromatic carbocycles. The number of anilines is 1. The molecule has 0 spiro atoms. The summed E-state index contributed by atoms with van der Waals surface area (Å²) in [7, 11) is 0. The Balaban J connectivity index is 2.58. The zero-order valence-electron chi connectivity index (χ0n) is 7.87. The Kier molecular flexibility index (Phi) is 3.31. The SMILES string of the molecule is Nc1ccc(I)c(-c2cccc(Br)c2)c1. The van der Waals surface area contributed by atoms with Gasteiger partial charge in [0.15, 0.2) is 0 Å². The average molecular weight is 374 g/mol. The van der Waals surface area contributed by atoms with E-state index in [0.717, 1.165) is 10.2 Å². The molecule has 0 heterocycles. The van der Waals surface area contributed by atoms with Gasteiger partial charge in [-0.3, -0.25) is 0 Å². The maximum absolute atomic E-state index is 5.79. The molecule has 0 atom stereocenters. The van der Waals surface area contributed by atoms with E-state index < -0.39 is 0 Å². The topological polar surface area (TPSA) is 26.0 Å². The number of nitrogens with two attached hydrogens (primary N) is 1. The summed E-state index contributed by atoms with van der Waals surface area (Å²) < 4.78 is 2.29. The molecule has 0 amide bonds. The number of hydrogen-bond donors (Lipinski definition) is 1. The first-order chi connectivity index (χ1) is 7.16. The predicted molar refractivity (Wildman–Crippen MR) is 76.7 cm³/mol. The van der Waals surface area contributed by atoms with Crippen LogP contribution in [0.2, 0.25) is 0 Å². The van der Waals surface area contributed by atoms with Gasteiger partial charge in [-0.25, -0.2) is 0 Å². The van der Waals surface area contributed by atoms with Crippen LogP contribution in [0.15, 0.2) is 46.9 Å². The largest absolute Gasteiger partial charge is 0.399 e. The van der Waals surface area contributed by atoms with Crippen LogP contribution in [0.4, 0.5) is 5.69 Å². The number of rotatable bonds is 1. The molecule has 2 aromatic rings. The molecule has 76 valence electrons. The van der Waals surface area contributed by atoms with Gasteiger partial charge in [-0.05, 0) is 64.0 Å². The summed E-state index contributed by atoms with van der Waals surface area (Å²) in [6.07, 6.45) is 0. The molecule has 0 aliphatic heterocycles. The Labute approximate surface area is 111 Å². The highest BCUT2D eigenvalue weighted by atomic mass is 127. The van der Waals surface area contributed by atoms with E-state index in [-0.39, 0.29) is 0 Å². The van der Waals surface area contributed by atoms with Crippen molar-refractivity contribution in [3.05, 3.63) is 50.5 Å². The smallest absolute Gasteiger partial charge is 0.0320 e. The van der Waals surface area contributed by atoms with Crippen molar-refractivity contribution in [2.45, 2.75) is 0 Å². The molecule has 3 heteroatoms. The molecule has 0 fully saturated rings. The zero-order chi connectivity index (χ0) is 10.8. The van der Waals surface area contributed by atoms with Gasteiger partial charge in [-0.1, -0.05) is 28.1 Å². The Morgan fingerprint density at radius 1 is 1.07 bits per heavy atom. The van der Waals surface area contributed by atoms with Crippen LogP contribution in [-0.4, -0.2) is 0 Å². The standard InChI is InChI=1S/C12H9BrIN/c13-9-3-1-2-8(6-9)11-7-10(15)4-5-12(11)14/h1-7H,15H2. The molecule has 0 aliphatic rings. The summed E-state index contributed by atoms with van der Waals surface area (Å²) in [4.78, 5) is 0. The number of nitrogen functional groups attached to an aromatic ring is 1. The van der Waals surface area contributed by atoms with Crippen LogP contribution >= 0.6 is 38.5 Å². The monoisotopic (exact) mass is 373 g/mol. The van der Waals surface area contributed by atoms with Gasteiger partial charge in [-0.2, -0.15) is 0 Å². The van der Waals surface area contributed by atoms with E-state index in [4.69, 9.17) is 5.73 Å². The van der Waals surface area contributed by atoms with Gasteiger partial charge in [0.1, 0.15) is 0 Å². The molecule has 0 bridgehead atoms. The molecule has 0 saturated carbocycles. The van der Waals surface area contributed by atoms with Crippen LogP contribution in [0.1, 0.15) is 0 Å². The fraction of sp³-hybridized carbons (Fsp3) is 0. The maximum Gasteiger partial charge on any atom is 0.0320 e. The first-order valence-corrected chi connectivity index (χ1v) is 6.35. The minimum Gasteiger partial charge on any atom is -0.399 e. The molecule has 0 saturated heterocycles. The molecule has 1 nitrogen and oxygen atoms in total. The lowest BCUT2D eigenvalue weighted by Crippen LogP contribution is -1.88. The van der Waals surface area contributed by atoms with Crippen molar-refractivity contribution in [3.63, 3.8) is 0 Å². The molecule has 2 N–H and O–H groups in total. The second-order valence-corrected chi connectivity index (χ2v) is 5.33. The Bertz CT molecular complexity index is 497. The van der Waals surface area contributed by atoms with E-state index in [1.807, 2.05) is 30.3 Å². The fourth-order valence-electron chi connectivity index (χ4n) is 1.42. The lowest BCUT2D eigenvalue weighted by Gasteiger charge is -2.06. The van der Waals surface area contributed by atoms with Crippen molar-refractivity contribution in [1.82, 2.24) is 0 Å². The Morgan fingerprint density at radius 2 is 1.87 bits per heavy atom. The molecular weight excluding hydrogens is 365 g/mol. The van der Waals surface area contributed by atoms with Gasteiger partial charge in [0.05, 0.1) is 0 Å².